The molecule has 3 nitrogen and oxygen atoms in total. The third kappa shape index (κ3) is 5.54. The second-order valence-electron chi connectivity index (χ2n) is 17.9. The predicted molar refractivity (Wildman–Crippen MR) is 283 cm³/mol. The third-order valence-corrected chi connectivity index (χ3v) is 14.5. The van der Waals surface area contributed by atoms with Crippen molar-refractivity contribution in [2.75, 3.05) is 4.90 Å². The van der Waals surface area contributed by atoms with Crippen molar-refractivity contribution >= 4 is 71.6 Å². The monoisotopic (exact) mass is 866 g/mol. The zero-order valence-corrected chi connectivity index (χ0v) is 37.1. The number of nitrogens with zero attached hydrogens (tertiary/aromatic N) is 2. The molecule has 11 aromatic carbocycles. The van der Waals surface area contributed by atoms with E-state index in [0.717, 1.165) is 66.6 Å². The van der Waals surface area contributed by atoms with Crippen LogP contribution in [0, 0.1) is 0 Å². The quantitative estimate of drug-likeness (QED) is 0.159. The van der Waals surface area contributed by atoms with E-state index in [-0.39, 0.29) is 0 Å². The molecule has 0 saturated heterocycles. The highest BCUT2D eigenvalue weighted by molar-refractivity contribution is 6.20. The fourth-order valence-corrected chi connectivity index (χ4v) is 11.6. The molecule has 318 valence electrons. The lowest BCUT2D eigenvalue weighted by molar-refractivity contribution is 0.672. The highest BCUT2D eigenvalue weighted by Gasteiger charge is 2.47. The van der Waals surface area contributed by atoms with E-state index >= 15 is 0 Å². The van der Waals surface area contributed by atoms with Crippen molar-refractivity contribution in [3.05, 3.63) is 277 Å². The molecule has 0 radical (unpaired) electrons. The van der Waals surface area contributed by atoms with E-state index in [1.807, 2.05) is 0 Å². The fourth-order valence-electron chi connectivity index (χ4n) is 11.6. The number of anilines is 3. The lowest BCUT2D eigenvalue weighted by Gasteiger charge is -2.34. The van der Waals surface area contributed by atoms with Crippen molar-refractivity contribution in [3.63, 3.8) is 0 Å². The van der Waals surface area contributed by atoms with Crippen molar-refractivity contribution in [2.45, 2.75) is 5.41 Å². The van der Waals surface area contributed by atoms with E-state index in [1.165, 1.54) is 55.2 Å². The molecule has 0 aliphatic heterocycles. The van der Waals surface area contributed by atoms with Gasteiger partial charge in [-0.15, -0.1) is 0 Å². The fraction of sp³-hybridized carbons (Fsp3) is 0.0154. The Labute approximate surface area is 394 Å². The van der Waals surface area contributed by atoms with Gasteiger partial charge in [0, 0.05) is 38.5 Å². The van der Waals surface area contributed by atoms with E-state index < -0.39 is 5.41 Å². The summed E-state index contributed by atoms with van der Waals surface area (Å²) in [5.41, 5.74) is 17.7. The highest BCUT2D eigenvalue weighted by atomic mass is 16.3. The molecular formula is C65H42N2O. The summed E-state index contributed by atoms with van der Waals surface area (Å²) >= 11 is 0. The molecule has 1 aliphatic rings. The summed E-state index contributed by atoms with van der Waals surface area (Å²) in [5, 5.41) is 6.95. The van der Waals surface area contributed by atoms with Gasteiger partial charge in [-0.25, -0.2) is 0 Å². The number of fused-ring (bicyclic) bond motifs is 11. The Morgan fingerprint density at radius 3 is 1.75 bits per heavy atom. The van der Waals surface area contributed by atoms with Crippen LogP contribution in [0.25, 0.3) is 82.5 Å². The Morgan fingerprint density at radius 1 is 0.397 bits per heavy atom. The van der Waals surface area contributed by atoms with Gasteiger partial charge in [0.05, 0.1) is 33.2 Å². The number of aromatic nitrogens is 1. The number of benzene rings is 11. The zero-order valence-electron chi connectivity index (χ0n) is 37.1. The minimum atomic E-state index is -0.547. The first-order chi connectivity index (χ1) is 33.8. The normalized spacial score (nSPS) is 12.8. The third-order valence-electron chi connectivity index (χ3n) is 14.5. The van der Waals surface area contributed by atoms with E-state index in [4.69, 9.17) is 4.42 Å². The standard InChI is InChI=1S/C65H42N2O/c1-3-20-46(21-4-1)65(47-22-5-2-6-23-47)55-29-12-9-28-53(55)62-56(65)30-16-33-59(62)66(60-34-17-35-61-63(60)54-41-38-44-18-7-8-25-50(44)64(54)68-61)48-39-36-43(37-40-48)45-19-15-24-49(42-45)67-57-31-13-10-26-51(57)52-27-11-14-32-58(52)67/h1-42H. The maximum atomic E-state index is 6.87. The maximum Gasteiger partial charge on any atom is 0.143 e. The predicted octanol–water partition coefficient (Wildman–Crippen LogP) is 17.3. The first kappa shape index (κ1) is 38.4. The molecule has 0 saturated carbocycles. The van der Waals surface area contributed by atoms with Crippen molar-refractivity contribution < 1.29 is 4.42 Å². The van der Waals surface area contributed by atoms with E-state index in [0.29, 0.717) is 0 Å². The topological polar surface area (TPSA) is 21.3 Å². The second kappa shape index (κ2) is 15.1. The lowest BCUT2D eigenvalue weighted by atomic mass is 9.68. The minimum absolute atomic E-state index is 0.547. The summed E-state index contributed by atoms with van der Waals surface area (Å²) < 4.78 is 9.26. The van der Waals surface area contributed by atoms with Crippen molar-refractivity contribution in [1.82, 2.24) is 4.57 Å². The largest absolute Gasteiger partial charge is 0.455 e. The number of hydrogen-bond acceptors (Lipinski definition) is 2. The van der Waals surface area contributed by atoms with Crippen LogP contribution in [0.5, 0.6) is 0 Å². The molecule has 0 spiro atoms. The van der Waals surface area contributed by atoms with Crippen LogP contribution in [-0.4, -0.2) is 4.57 Å². The Kier molecular flexibility index (Phi) is 8.50. The first-order valence-corrected chi connectivity index (χ1v) is 23.4. The van der Waals surface area contributed by atoms with Crippen LogP contribution in [0.4, 0.5) is 17.1 Å². The molecule has 0 N–H and O–H groups in total. The molecule has 2 heterocycles. The van der Waals surface area contributed by atoms with Crippen LogP contribution in [0.15, 0.2) is 259 Å². The molecule has 0 bridgehead atoms. The van der Waals surface area contributed by atoms with Crippen molar-refractivity contribution in [1.29, 1.82) is 0 Å². The first-order valence-electron chi connectivity index (χ1n) is 23.4. The van der Waals surface area contributed by atoms with E-state index in [1.54, 1.807) is 0 Å². The van der Waals surface area contributed by atoms with Gasteiger partial charge in [-0.05, 0) is 105 Å². The molecule has 13 aromatic rings. The average Bonchev–Trinajstić information content (AvgIpc) is 4.07. The summed E-state index contributed by atoms with van der Waals surface area (Å²) in [7, 11) is 0. The second-order valence-corrected chi connectivity index (χ2v) is 17.9. The van der Waals surface area contributed by atoms with Gasteiger partial charge in [-0.2, -0.15) is 0 Å². The summed E-state index contributed by atoms with van der Waals surface area (Å²) in [5.74, 6) is 0. The van der Waals surface area contributed by atoms with Crippen LogP contribution in [0.1, 0.15) is 22.3 Å². The molecule has 0 fully saturated rings. The van der Waals surface area contributed by atoms with Gasteiger partial charge in [0.1, 0.15) is 11.2 Å². The molecule has 0 amide bonds. The van der Waals surface area contributed by atoms with Crippen molar-refractivity contribution in [3.8, 4) is 27.9 Å². The summed E-state index contributed by atoms with van der Waals surface area (Å²) in [6, 6.07) is 93.0. The van der Waals surface area contributed by atoms with E-state index in [9.17, 15) is 0 Å². The Bertz CT molecular complexity index is 3990. The van der Waals surface area contributed by atoms with Crippen molar-refractivity contribution in [2.24, 2.45) is 0 Å². The summed E-state index contributed by atoms with van der Waals surface area (Å²) in [4.78, 5) is 2.48. The molecule has 1 aliphatic carbocycles. The van der Waals surface area contributed by atoms with Gasteiger partial charge in [0.25, 0.3) is 0 Å². The summed E-state index contributed by atoms with van der Waals surface area (Å²) in [6.45, 7) is 0. The molecule has 14 rings (SSSR count). The van der Waals surface area contributed by atoms with Gasteiger partial charge in [-0.1, -0.05) is 194 Å². The molecule has 0 unspecified atom stereocenters. The van der Waals surface area contributed by atoms with Crippen LogP contribution < -0.4 is 4.90 Å². The smallest absolute Gasteiger partial charge is 0.143 e. The molecule has 3 heteroatoms. The molecule has 68 heavy (non-hydrogen) atoms. The SMILES string of the molecule is c1ccc(C2(c3ccccc3)c3ccccc3-c3c(N(c4ccc(-c5cccc(-n6c7ccccc7c7ccccc76)c5)cc4)c4cccc5oc6c7ccccc7ccc6c45)cccc32)cc1. The molecular weight excluding hydrogens is 825 g/mol. The lowest BCUT2D eigenvalue weighted by Crippen LogP contribution is -2.28. The number of rotatable bonds is 7. The van der Waals surface area contributed by atoms with E-state index in [2.05, 4.69) is 264 Å². The summed E-state index contributed by atoms with van der Waals surface area (Å²) in [6.07, 6.45) is 0. The Hall–Kier alpha value is -8.92. The average molecular weight is 867 g/mol. The number of hydrogen-bond donors (Lipinski definition) is 0. The molecule has 2 aromatic heterocycles. The van der Waals surface area contributed by atoms with Crippen LogP contribution in [0.3, 0.4) is 0 Å². The van der Waals surface area contributed by atoms with Gasteiger partial charge in [0.2, 0.25) is 0 Å². The minimum Gasteiger partial charge on any atom is -0.455 e. The van der Waals surface area contributed by atoms with Gasteiger partial charge in [0.15, 0.2) is 0 Å². The number of furan rings is 1. The van der Waals surface area contributed by atoms with Crippen LogP contribution in [-0.2, 0) is 5.41 Å². The number of para-hydroxylation sites is 2. The molecule has 0 atom stereocenters. The highest BCUT2D eigenvalue weighted by Crippen LogP contribution is 2.60. The zero-order chi connectivity index (χ0) is 44.8. The van der Waals surface area contributed by atoms with Crippen LogP contribution in [0.2, 0.25) is 0 Å². The van der Waals surface area contributed by atoms with Gasteiger partial charge < -0.3 is 13.9 Å². The Balaban J connectivity index is 1.00. The maximum absolute atomic E-state index is 6.87. The Morgan fingerprint density at radius 2 is 1.00 bits per heavy atom. The van der Waals surface area contributed by atoms with Crippen LogP contribution >= 0.6 is 0 Å². The van der Waals surface area contributed by atoms with Gasteiger partial charge in [-0.3, -0.25) is 0 Å². The van der Waals surface area contributed by atoms with Gasteiger partial charge >= 0.3 is 0 Å².